The number of carbonyl (C=O) groups is 1. The SMILES string of the molecule is Cc1ccc(NC(=O)c2ccn(COc3ccc(F)c(Cl)c3)n2)nc1. The summed E-state index contributed by atoms with van der Waals surface area (Å²) in [6.07, 6.45) is 3.26. The molecule has 8 heteroatoms. The molecule has 0 saturated heterocycles. The minimum atomic E-state index is -0.517. The van der Waals surface area contributed by atoms with Gasteiger partial charge in [0.05, 0.1) is 5.02 Å². The maximum absolute atomic E-state index is 13.1. The average Bonchev–Trinajstić information content (AvgIpc) is 3.07. The number of halogens is 2. The van der Waals surface area contributed by atoms with Gasteiger partial charge in [-0.25, -0.2) is 14.1 Å². The van der Waals surface area contributed by atoms with Gasteiger partial charge in [0.15, 0.2) is 12.4 Å². The fraction of sp³-hybridized carbons (Fsp3) is 0.118. The summed E-state index contributed by atoms with van der Waals surface area (Å²) in [5.41, 5.74) is 1.23. The van der Waals surface area contributed by atoms with Crippen molar-refractivity contribution in [3.63, 3.8) is 0 Å². The molecule has 128 valence electrons. The zero-order valence-electron chi connectivity index (χ0n) is 13.2. The molecular formula is C17H14ClFN4O2. The first kappa shape index (κ1) is 16.9. The molecule has 0 unspecified atom stereocenters. The number of hydrogen-bond donors (Lipinski definition) is 1. The van der Waals surface area contributed by atoms with Gasteiger partial charge in [0.25, 0.3) is 5.91 Å². The summed E-state index contributed by atoms with van der Waals surface area (Å²) in [4.78, 5) is 16.2. The number of carbonyl (C=O) groups excluding carboxylic acids is 1. The van der Waals surface area contributed by atoms with E-state index in [2.05, 4.69) is 15.4 Å². The van der Waals surface area contributed by atoms with Gasteiger partial charge in [0.1, 0.15) is 17.4 Å². The third-order valence-electron chi connectivity index (χ3n) is 3.28. The van der Waals surface area contributed by atoms with Gasteiger partial charge in [-0.3, -0.25) is 4.79 Å². The number of anilines is 1. The molecule has 1 N–H and O–H groups in total. The number of nitrogens with zero attached hydrogens (tertiary/aromatic N) is 3. The van der Waals surface area contributed by atoms with E-state index in [0.717, 1.165) is 5.56 Å². The molecule has 0 atom stereocenters. The number of rotatable bonds is 5. The van der Waals surface area contributed by atoms with Crippen LogP contribution < -0.4 is 10.1 Å². The number of ether oxygens (including phenoxy) is 1. The third kappa shape index (κ3) is 4.33. The predicted molar refractivity (Wildman–Crippen MR) is 91.2 cm³/mol. The van der Waals surface area contributed by atoms with E-state index >= 15 is 0 Å². The van der Waals surface area contributed by atoms with Gasteiger partial charge in [0.2, 0.25) is 0 Å². The number of pyridine rings is 1. The summed E-state index contributed by atoms with van der Waals surface area (Å²) in [5.74, 6) is -0.0455. The van der Waals surface area contributed by atoms with Crippen LogP contribution in [0.3, 0.4) is 0 Å². The number of aromatic nitrogens is 3. The largest absolute Gasteiger partial charge is 0.471 e. The Labute approximate surface area is 148 Å². The first-order valence-electron chi connectivity index (χ1n) is 7.36. The lowest BCUT2D eigenvalue weighted by Gasteiger charge is -2.07. The van der Waals surface area contributed by atoms with Gasteiger partial charge in [-0.05, 0) is 36.8 Å². The maximum atomic E-state index is 13.1. The minimum Gasteiger partial charge on any atom is -0.471 e. The first-order valence-corrected chi connectivity index (χ1v) is 7.74. The summed E-state index contributed by atoms with van der Waals surface area (Å²) in [7, 11) is 0. The molecule has 1 amide bonds. The zero-order chi connectivity index (χ0) is 17.8. The standard InChI is InChI=1S/C17H14ClFN4O2/c1-11-2-5-16(20-9-11)21-17(24)15-6-7-23(22-15)10-25-12-3-4-14(19)13(18)8-12/h2-9H,10H2,1H3,(H,20,21,24). The number of aryl methyl sites for hydroxylation is 1. The van der Waals surface area contributed by atoms with E-state index in [1.165, 1.54) is 22.9 Å². The van der Waals surface area contributed by atoms with Gasteiger partial charge in [-0.1, -0.05) is 17.7 Å². The summed E-state index contributed by atoms with van der Waals surface area (Å²) in [6.45, 7) is 1.96. The highest BCUT2D eigenvalue weighted by molar-refractivity contribution is 6.30. The number of hydrogen-bond acceptors (Lipinski definition) is 4. The van der Waals surface area contributed by atoms with Crippen LogP contribution in [-0.4, -0.2) is 20.7 Å². The Hall–Kier alpha value is -2.93. The van der Waals surface area contributed by atoms with Gasteiger partial charge in [-0.15, -0.1) is 0 Å². The van der Waals surface area contributed by atoms with Gasteiger partial charge >= 0.3 is 0 Å². The van der Waals surface area contributed by atoms with Crippen LogP contribution in [0.2, 0.25) is 5.02 Å². The molecular weight excluding hydrogens is 347 g/mol. The average molecular weight is 361 g/mol. The molecule has 0 radical (unpaired) electrons. The molecule has 6 nitrogen and oxygen atoms in total. The monoisotopic (exact) mass is 360 g/mol. The van der Waals surface area contributed by atoms with Crippen molar-refractivity contribution in [1.82, 2.24) is 14.8 Å². The van der Waals surface area contributed by atoms with E-state index in [4.69, 9.17) is 16.3 Å². The van der Waals surface area contributed by atoms with Crippen molar-refractivity contribution < 1.29 is 13.9 Å². The molecule has 0 fully saturated rings. The van der Waals surface area contributed by atoms with Crippen molar-refractivity contribution in [3.05, 3.63) is 70.9 Å². The van der Waals surface area contributed by atoms with Gasteiger partial charge in [-0.2, -0.15) is 5.10 Å². The van der Waals surface area contributed by atoms with Crippen molar-refractivity contribution in [3.8, 4) is 5.75 Å². The van der Waals surface area contributed by atoms with Crippen molar-refractivity contribution >= 4 is 23.3 Å². The molecule has 0 saturated carbocycles. The molecule has 0 bridgehead atoms. The molecule has 2 aromatic heterocycles. The van der Waals surface area contributed by atoms with Gasteiger partial charge < -0.3 is 10.1 Å². The zero-order valence-corrected chi connectivity index (χ0v) is 14.0. The highest BCUT2D eigenvalue weighted by atomic mass is 35.5. The Balaban J connectivity index is 1.60. The van der Waals surface area contributed by atoms with Crippen molar-refractivity contribution in [2.24, 2.45) is 0 Å². The van der Waals surface area contributed by atoms with E-state index in [0.29, 0.717) is 11.6 Å². The minimum absolute atomic E-state index is 0.0244. The lowest BCUT2D eigenvalue weighted by atomic mass is 10.3. The van der Waals surface area contributed by atoms with E-state index in [1.54, 1.807) is 24.5 Å². The second-order valence-corrected chi connectivity index (χ2v) is 5.67. The highest BCUT2D eigenvalue weighted by Crippen LogP contribution is 2.21. The quantitative estimate of drug-likeness (QED) is 0.753. The molecule has 0 aliphatic heterocycles. The molecule has 2 heterocycles. The molecule has 1 aromatic carbocycles. The van der Waals surface area contributed by atoms with Crippen LogP contribution in [0.15, 0.2) is 48.8 Å². The first-order chi connectivity index (χ1) is 12.0. The lowest BCUT2D eigenvalue weighted by Crippen LogP contribution is -2.15. The topological polar surface area (TPSA) is 69.0 Å². The molecule has 0 spiro atoms. The summed E-state index contributed by atoms with van der Waals surface area (Å²) >= 11 is 5.69. The van der Waals surface area contributed by atoms with E-state index < -0.39 is 5.82 Å². The van der Waals surface area contributed by atoms with E-state index in [1.807, 2.05) is 13.0 Å². The van der Waals surface area contributed by atoms with Crippen molar-refractivity contribution in [1.29, 1.82) is 0 Å². The van der Waals surface area contributed by atoms with Crippen LogP contribution >= 0.6 is 11.6 Å². The van der Waals surface area contributed by atoms with Crippen LogP contribution in [0, 0.1) is 12.7 Å². The number of benzene rings is 1. The molecule has 25 heavy (non-hydrogen) atoms. The van der Waals surface area contributed by atoms with Crippen molar-refractivity contribution in [2.75, 3.05) is 5.32 Å². The smallest absolute Gasteiger partial charge is 0.277 e. The van der Waals surface area contributed by atoms with Crippen LogP contribution in [0.25, 0.3) is 0 Å². The lowest BCUT2D eigenvalue weighted by molar-refractivity contribution is 0.102. The van der Waals surface area contributed by atoms with Crippen LogP contribution in [0.5, 0.6) is 5.75 Å². The van der Waals surface area contributed by atoms with E-state index in [-0.39, 0.29) is 23.4 Å². The summed E-state index contributed by atoms with van der Waals surface area (Å²) < 4.78 is 20.0. The summed E-state index contributed by atoms with van der Waals surface area (Å²) in [5, 5.41) is 6.76. The second-order valence-electron chi connectivity index (χ2n) is 5.26. The fourth-order valence-electron chi connectivity index (χ4n) is 1.98. The van der Waals surface area contributed by atoms with E-state index in [9.17, 15) is 9.18 Å². The highest BCUT2D eigenvalue weighted by Gasteiger charge is 2.11. The second kappa shape index (κ2) is 7.31. The number of nitrogens with one attached hydrogen (secondary N) is 1. The summed E-state index contributed by atoms with van der Waals surface area (Å²) in [6, 6.07) is 9.17. The number of amides is 1. The molecule has 3 aromatic rings. The molecule has 0 aliphatic carbocycles. The Morgan fingerprint density at radius 2 is 2.16 bits per heavy atom. The Morgan fingerprint density at radius 3 is 2.88 bits per heavy atom. The Morgan fingerprint density at radius 1 is 1.32 bits per heavy atom. The van der Waals surface area contributed by atoms with Gasteiger partial charge in [0, 0.05) is 18.5 Å². The van der Waals surface area contributed by atoms with Crippen molar-refractivity contribution in [2.45, 2.75) is 13.7 Å². The molecule has 0 aliphatic rings. The van der Waals surface area contributed by atoms with Crippen LogP contribution in [-0.2, 0) is 6.73 Å². The third-order valence-corrected chi connectivity index (χ3v) is 3.57. The molecule has 3 rings (SSSR count). The van der Waals surface area contributed by atoms with Crippen LogP contribution in [0.4, 0.5) is 10.2 Å². The Kier molecular flexibility index (Phi) is 4.95. The van der Waals surface area contributed by atoms with Crippen LogP contribution in [0.1, 0.15) is 16.1 Å². The maximum Gasteiger partial charge on any atom is 0.277 e. The normalized spacial score (nSPS) is 10.5. The predicted octanol–water partition coefficient (Wildman–Crippen LogP) is 3.67. The Bertz CT molecular complexity index is 896. The fourth-order valence-corrected chi connectivity index (χ4v) is 2.15.